The van der Waals surface area contributed by atoms with Gasteiger partial charge < -0.3 is 15.8 Å². The second kappa shape index (κ2) is 5.76. The zero-order chi connectivity index (χ0) is 13.8. The molecule has 1 aromatic rings. The maximum atomic E-state index is 11.7. The van der Waals surface area contributed by atoms with Crippen LogP contribution in [-0.2, 0) is 4.79 Å². The SMILES string of the molecule is CC(NC(=O)COc1ccccc1N)C(C)(C)C. The van der Waals surface area contributed by atoms with Gasteiger partial charge in [-0.2, -0.15) is 0 Å². The number of nitrogens with one attached hydrogen (secondary N) is 1. The molecular weight excluding hydrogens is 228 g/mol. The lowest BCUT2D eigenvalue weighted by molar-refractivity contribution is -0.124. The van der Waals surface area contributed by atoms with Crippen molar-refractivity contribution in [3.05, 3.63) is 24.3 Å². The lowest BCUT2D eigenvalue weighted by atomic mass is 9.88. The fraction of sp³-hybridized carbons (Fsp3) is 0.500. The Morgan fingerprint density at radius 1 is 1.39 bits per heavy atom. The van der Waals surface area contributed by atoms with Crippen molar-refractivity contribution in [1.82, 2.24) is 5.32 Å². The highest BCUT2D eigenvalue weighted by Gasteiger charge is 2.21. The van der Waals surface area contributed by atoms with Gasteiger partial charge in [-0.15, -0.1) is 0 Å². The quantitative estimate of drug-likeness (QED) is 0.805. The fourth-order valence-electron chi connectivity index (χ4n) is 1.25. The summed E-state index contributed by atoms with van der Waals surface area (Å²) in [6.45, 7) is 8.19. The van der Waals surface area contributed by atoms with Crippen LogP contribution in [0.1, 0.15) is 27.7 Å². The molecule has 3 N–H and O–H groups in total. The number of carbonyl (C=O) groups excluding carboxylic acids is 1. The Morgan fingerprint density at radius 3 is 2.56 bits per heavy atom. The minimum absolute atomic E-state index is 0.0192. The van der Waals surface area contributed by atoms with E-state index in [9.17, 15) is 4.79 Å². The van der Waals surface area contributed by atoms with Crippen LogP contribution in [0.2, 0.25) is 0 Å². The first-order valence-corrected chi connectivity index (χ1v) is 6.07. The summed E-state index contributed by atoms with van der Waals surface area (Å²) in [5.74, 6) is 0.400. The first-order valence-electron chi connectivity index (χ1n) is 6.07. The molecule has 0 aliphatic rings. The van der Waals surface area contributed by atoms with Gasteiger partial charge in [-0.3, -0.25) is 4.79 Å². The molecule has 1 atom stereocenters. The molecule has 1 unspecified atom stereocenters. The van der Waals surface area contributed by atoms with Crippen LogP contribution >= 0.6 is 0 Å². The Kier molecular flexibility index (Phi) is 4.59. The molecule has 18 heavy (non-hydrogen) atoms. The molecule has 1 amide bonds. The van der Waals surface area contributed by atoms with Gasteiger partial charge >= 0.3 is 0 Å². The Balaban J connectivity index is 2.45. The summed E-state index contributed by atoms with van der Waals surface area (Å²) in [5.41, 5.74) is 6.29. The van der Waals surface area contributed by atoms with Crippen LogP contribution in [0.25, 0.3) is 0 Å². The second-order valence-corrected chi connectivity index (χ2v) is 5.48. The summed E-state index contributed by atoms with van der Waals surface area (Å²) >= 11 is 0. The molecule has 0 fully saturated rings. The minimum Gasteiger partial charge on any atom is -0.482 e. The summed E-state index contributed by atoms with van der Waals surface area (Å²) in [7, 11) is 0. The van der Waals surface area contributed by atoms with E-state index in [0.717, 1.165) is 0 Å². The van der Waals surface area contributed by atoms with Crippen molar-refractivity contribution in [1.29, 1.82) is 0 Å². The Labute approximate surface area is 109 Å². The summed E-state index contributed by atoms with van der Waals surface area (Å²) < 4.78 is 5.38. The van der Waals surface area contributed by atoms with Gasteiger partial charge in [0.05, 0.1) is 5.69 Å². The van der Waals surface area contributed by atoms with Crippen molar-refractivity contribution < 1.29 is 9.53 Å². The van der Waals surface area contributed by atoms with Crippen LogP contribution in [0.3, 0.4) is 0 Å². The number of para-hydroxylation sites is 2. The van der Waals surface area contributed by atoms with Crippen LogP contribution in [0, 0.1) is 5.41 Å². The molecule has 0 bridgehead atoms. The van der Waals surface area contributed by atoms with Crippen molar-refractivity contribution in [3.63, 3.8) is 0 Å². The number of carbonyl (C=O) groups is 1. The molecule has 0 saturated heterocycles. The van der Waals surface area contributed by atoms with Gasteiger partial charge in [-0.25, -0.2) is 0 Å². The topological polar surface area (TPSA) is 64.3 Å². The molecule has 4 heteroatoms. The average Bonchev–Trinajstić information content (AvgIpc) is 2.26. The largest absolute Gasteiger partial charge is 0.482 e. The number of rotatable bonds is 4. The third kappa shape index (κ3) is 4.28. The summed E-state index contributed by atoms with van der Waals surface area (Å²) in [4.78, 5) is 11.7. The standard InChI is InChI=1S/C14H22N2O2/c1-10(14(2,3)4)16-13(17)9-18-12-8-6-5-7-11(12)15/h5-8,10H,9,15H2,1-4H3,(H,16,17). The van der Waals surface area contributed by atoms with Crippen molar-refractivity contribution in [2.75, 3.05) is 12.3 Å². The highest BCUT2D eigenvalue weighted by atomic mass is 16.5. The summed E-state index contributed by atoms with van der Waals surface area (Å²) in [5, 5.41) is 2.90. The number of nitrogen functional groups attached to an aromatic ring is 1. The monoisotopic (exact) mass is 250 g/mol. The number of ether oxygens (including phenoxy) is 1. The van der Waals surface area contributed by atoms with Gasteiger partial charge in [0.2, 0.25) is 0 Å². The van der Waals surface area contributed by atoms with E-state index in [1.54, 1.807) is 12.1 Å². The van der Waals surface area contributed by atoms with Crippen LogP contribution in [0.5, 0.6) is 5.75 Å². The van der Waals surface area contributed by atoms with E-state index in [-0.39, 0.29) is 24.0 Å². The highest BCUT2D eigenvalue weighted by molar-refractivity contribution is 5.78. The molecule has 100 valence electrons. The molecule has 0 saturated carbocycles. The van der Waals surface area contributed by atoms with E-state index < -0.39 is 0 Å². The summed E-state index contributed by atoms with van der Waals surface area (Å²) in [6.07, 6.45) is 0. The third-order valence-corrected chi connectivity index (χ3v) is 2.95. The van der Waals surface area contributed by atoms with Crippen molar-refractivity contribution in [2.45, 2.75) is 33.7 Å². The van der Waals surface area contributed by atoms with Crippen molar-refractivity contribution in [2.24, 2.45) is 5.41 Å². The average molecular weight is 250 g/mol. The van der Waals surface area contributed by atoms with E-state index in [1.807, 2.05) is 19.1 Å². The van der Waals surface area contributed by atoms with Gasteiger partial charge in [-0.05, 0) is 24.5 Å². The van der Waals surface area contributed by atoms with E-state index in [4.69, 9.17) is 10.5 Å². The molecule has 1 aromatic carbocycles. The van der Waals surface area contributed by atoms with E-state index in [0.29, 0.717) is 11.4 Å². The summed E-state index contributed by atoms with van der Waals surface area (Å²) in [6, 6.07) is 7.22. The van der Waals surface area contributed by atoms with Gasteiger partial charge in [0.25, 0.3) is 5.91 Å². The highest BCUT2D eigenvalue weighted by Crippen LogP contribution is 2.20. The predicted octanol–water partition coefficient (Wildman–Crippen LogP) is 2.20. The predicted molar refractivity (Wildman–Crippen MR) is 73.4 cm³/mol. The van der Waals surface area contributed by atoms with Gasteiger partial charge in [0.1, 0.15) is 5.75 Å². The first kappa shape index (κ1) is 14.4. The van der Waals surface area contributed by atoms with Gasteiger partial charge in [0.15, 0.2) is 6.61 Å². The normalized spacial score (nSPS) is 12.9. The van der Waals surface area contributed by atoms with Crippen LogP contribution in [-0.4, -0.2) is 18.6 Å². The van der Waals surface area contributed by atoms with Crippen molar-refractivity contribution >= 4 is 11.6 Å². The number of amides is 1. The number of nitrogens with two attached hydrogens (primary N) is 1. The molecule has 0 aromatic heterocycles. The lowest BCUT2D eigenvalue weighted by Gasteiger charge is -2.28. The van der Waals surface area contributed by atoms with E-state index >= 15 is 0 Å². The zero-order valence-electron chi connectivity index (χ0n) is 11.5. The smallest absolute Gasteiger partial charge is 0.258 e. The van der Waals surface area contributed by atoms with E-state index in [1.165, 1.54) is 0 Å². The zero-order valence-corrected chi connectivity index (χ0v) is 11.5. The molecule has 0 radical (unpaired) electrons. The van der Waals surface area contributed by atoms with Crippen LogP contribution < -0.4 is 15.8 Å². The second-order valence-electron chi connectivity index (χ2n) is 5.48. The molecule has 0 spiro atoms. The van der Waals surface area contributed by atoms with E-state index in [2.05, 4.69) is 26.1 Å². The molecule has 0 heterocycles. The molecule has 0 aliphatic carbocycles. The Hall–Kier alpha value is -1.71. The number of benzene rings is 1. The maximum absolute atomic E-state index is 11.7. The minimum atomic E-state index is -0.138. The van der Waals surface area contributed by atoms with Crippen LogP contribution in [0.4, 0.5) is 5.69 Å². The lowest BCUT2D eigenvalue weighted by Crippen LogP contribution is -2.43. The third-order valence-electron chi connectivity index (χ3n) is 2.95. The number of hydrogen-bond acceptors (Lipinski definition) is 3. The fourth-order valence-corrected chi connectivity index (χ4v) is 1.25. The van der Waals surface area contributed by atoms with Gasteiger partial charge in [-0.1, -0.05) is 32.9 Å². The molecule has 0 aliphatic heterocycles. The molecular formula is C14H22N2O2. The Morgan fingerprint density at radius 2 is 2.00 bits per heavy atom. The first-order chi connectivity index (χ1) is 8.30. The number of hydrogen-bond donors (Lipinski definition) is 2. The molecule has 1 rings (SSSR count). The maximum Gasteiger partial charge on any atom is 0.258 e. The Bertz CT molecular complexity index is 411. The van der Waals surface area contributed by atoms with Crippen LogP contribution in [0.15, 0.2) is 24.3 Å². The van der Waals surface area contributed by atoms with Crippen molar-refractivity contribution in [3.8, 4) is 5.75 Å². The van der Waals surface area contributed by atoms with Gasteiger partial charge in [0, 0.05) is 6.04 Å². The number of anilines is 1. The molecule has 4 nitrogen and oxygen atoms in total.